The highest BCUT2D eigenvalue weighted by atomic mass is 32.2. The second-order valence-electron chi connectivity index (χ2n) is 8.60. The molecule has 27 heavy (non-hydrogen) atoms. The highest BCUT2D eigenvalue weighted by Gasteiger charge is 2.32. The van der Waals surface area contributed by atoms with E-state index in [9.17, 15) is 8.42 Å². The molecule has 1 N–H and O–H groups in total. The first-order chi connectivity index (χ1) is 13.1. The predicted molar refractivity (Wildman–Crippen MR) is 107 cm³/mol. The fourth-order valence-corrected chi connectivity index (χ4v) is 6.75. The Hall–Kier alpha value is -0.860. The van der Waals surface area contributed by atoms with Gasteiger partial charge in [0, 0.05) is 44.8 Å². The first kappa shape index (κ1) is 19.5. The lowest BCUT2D eigenvalue weighted by Crippen LogP contribution is -2.48. The van der Waals surface area contributed by atoms with E-state index in [1.165, 1.54) is 32.1 Å². The molecule has 0 aromatic heterocycles. The summed E-state index contributed by atoms with van der Waals surface area (Å²) in [4.78, 5) is 9.88. The Morgan fingerprint density at radius 1 is 1.07 bits per heavy atom. The van der Waals surface area contributed by atoms with Gasteiger partial charge in [0.05, 0.1) is 24.7 Å². The van der Waals surface area contributed by atoms with Crippen molar-refractivity contribution in [2.24, 2.45) is 10.9 Å². The first-order valence-electron chi connectivity index (χ1n) is 10.7. The number of rotatable bonds is 4. The number of hydrogen-bond acceptors (Lipinski definition) is 5. The molecule has 3 heterocycles. The van der Waals surface area contributed by atoms with E-state index < -0.39 is 9.84 Å². The van der Waals surface area contributed by atoms with Crippen LogP contribution in [0.5, 0.6) is 0 Å². The molecule has 2 unspecified atom stereocenters. The van der Waals surface area contributed by atoms with Crippen LogP contribution in [0.4, 0.5) is 0 Å². The summed E-state index contributed by atoms with van der Waals surface area (Å²) in [5, 5.41) is 3.71. The molecule has 0 amide bonds. The Bertz CT molecular complexity index is 627. The van der Waals surface area contributed by atoms with Crippen LogP contribution in [-0.4, -0.2) is 93.7 Å². The number of morpholine rings is 1. The minimum Gasteiger partial charge on any atom is -0.379 e. The zero-order chi connectivity index (χ0) is 18.7. The minimum absolute atomic E-state index is 0.188. The lowest BCUT2D eigenvalue weighted by Gasteiger charge is -2.32. The van der Waals surface area contributed by atoms with Crippen molar-refractivity contribution in [2.75, 3.05) is 57.4 Å². The second kappa shape index (κ2) is 8.66. The van der Waals surface area contributed by atoms with Gasteiger partial charge in [-0.25, -0.2) is 8.42 Å². The number of nitrogens with zero attached hydrogens (tertiary/aromatic N) is 3. The van der Waals surface area contributed by atoms with E-state index in [1.54, 1.807) is 0 Å². The maximum absolute atomic E-state index is 11.7. The Kier molecular flexibility index (Phi) is 6.24. The van der Waals surface area contributed by atoms with Crippen molar-refractivity contribution in [1.82, 2.24) is 15.1 Å². The molecule has 4 rings (SSSR count). The number of nitrogens with one attached hydrogen (secondary N) is 1. The van der Waals surface area contributed by atoms with Gasteiger partial charge in [-0.05, 0) is 31.6 Å². The Morgan fingerprint density at radius 2 is 1.85 bits per heavy atom. The van der Waals surface area contributed by atoms with Crippen LogP contribution in [-0.2, 0) is 14.6 Å². The zero-order valence-electron chi connectivity index (χ0n) is 16.3. The summed E-state index contributed by atoms with van der Waals surface area (Å²) < 4.78 is 29.0. The molecule has 0 bridgehead atoms. The van der Waals surface area contributed by atoms with Gasteiger partial charge in [-0.1, -0.05) is 12.8 Å². The molecule has 0 spiro atoms. The van der Waals surface area contributed by atoms with E-state index in [1.807, 2.05) is 0 Å². The van der Waals surface area contributed by atoms with Crippen LogP contribution >= 0.6 is 0 Å². The monoisotopic (exact) mass is 398 g/mol. The maximum Gasteiger partial charge on any atom is 0.194 e. The number of ether oxygens (including phenoxy) is 1. The minimum atomic E-state index is -2.83. The number of hydrogen-bond donors (Lipinski definition) is 1. The summed E-state index contributed by atoms with van der Waals surface area (Å²) in [6, 6.07) is 1.11. The molecule has 1 aliphatic carbocycles. The van der Waals surface area contributed by atoms with Crippen molar-refractivity contribution >= 4 is 15.8 Å². The quantitative estimate of drug-likeness (QED) is 0.556. The van der Waals surface area contributed by atoms with Crippen molar-refractivity contribution in [3.05, 3.63) is 0 Å². The third-order valence-electron chi connectivity index (χ3n) is 6.54. The molecule has 154 valence electrons. The number of aliphatic imine (C=N–C) groups is 1. The van der Waals surface area contributed by atoms with Crippen LogP contribution in [0, 0.1) is 5.92 Å². The van der Waals surface area contributed by atoms with E-state index in [2.05, 4.69) is 15.1 Å². The van der Waals surface area contributed by atoms with Crippen LogP contribution in [0.1, 0.15) is 38.5 Å². The van der Waals surface area contributed by atoms with E-state index in [4.69, 9.17) is 9.73 Å². The molecule has 7 nitrogen and oxygen atoms in total. The normalized spacial score (nSPS) is 33.0. The first-order valence-corrected chi connectivity index (χ1v) is 12.5. The molecular formula is C19H34N4O3S. The van der Waals surface area contributed by atoms with Gasteiger partial charge in [0.15, 0.2) is 15.8 Å². The summed E-state index contributed by atoms with van der Waals surface area (Å²) in [5.74, 6) is 1.85. The maximum atomic E-state index is 11.7. The molecule has 0 aromatic rings. The highest BCUT2D eigenvalue weighted by Crippen LogP contribution is 2.22. The van der Waals surface area contributed by atoms with Gasteiger partial charge < -0.3 is 15.0 Å². The van der Waals surface area contributed by atoms with Gasteiger partial charge in [0.2, 0.25) is 0 Å². The average molecular weight is 399 g/mol. The average Bonchev–Trinajstić information content (AvgIpc) is 3.40. The van der Waals surface area contributed by atoms with Gasteiger partial charge in [-0.15, -0.1) is 0 Å². The summed E-state index contributed by atoms with van der Waals surface area (Å²) in [7, 11) is -2.83. The predicted octanol–water partition coefficient (Wildman–Crippen LogP) is 0.716. The van der Waals surface area contributed by atoms with Gasteiger partial charge in [-0.3, -0.25) is 9.89 Å². The Labute approximate surface area is 163 Å². The van der Waals surface area contributed by atoms with Crippen LogP contribution < -0.4 is 5.32 Å². The lowest BCUT2D eigenvalue weighted by atomic mass is 10.1. The number of likely N-dealkylation sites (tertiary alicyclic amines) is 1. The number of guanidine groups is 1. The van der Waals surface area contributed by atoms with Crippen LogP contribution in [0.2, 0.25) is 0 Å². The van der Waals surface area contributed by atoms with E-state index in [-0.39, 0.29) is 5.92 Å². The molecular weight excluding hydrogens is 364 g/mol. The fourth-order valence-electron chi connectivity index (χ4n) is 4.90. The van der Waals surface area contributed by atoms with Gasteiger partial charge in [0.25, 0.3) is 0 Å². The van der Waals surface area contributed by atoms with Crippen molar-refractivity contribution < 1.29 is 13.2 Å². The SMILES string of the molecule is O=S1(=O)CCC(CN=C(NC2CCCC2)N2CCC(N3CCOCC3)C2)C1. The molecule has 3 aliphatic heterocycles. The summed E-state index contributed by atoms with van der Waals surface area (Å²) in [5.41, 5.74) is 0. The highest BCUT2D eigenvalue weighted by molar-refractivity contribution is 7.91. The molecule has 4 fully saturated rings. The van der Waals surface area contributed by atoms with E-state index in [0.29, 0.717) is 30.1 Å². The summed E-state index contributed by atoms with van der Waals surface area (Å²) >= 11 is 0. The van der Waals surface area contributed by atoms with E-state index in [0.717, 1.165) is 51.8 Å². The van der Waals surface area contributed by atoms with Crippen LogP contribution in [0.15, 0.2) is 4.99 Å². The van der Waals surface area contributed by atoms with Gasteiger partial charge in [0.1, 0.15) is 0 Å². The zero-order valence-corrected chi connectivity index (χ0v) is 17.1. The van der Waals surface area contributed by atoms with Gasteiger partial charge in [-0.2, -0.15) is 0 Å². The molecule has 0 radical (unpaired) electrons. The number of sulfone groups is 1. The third kappa shape index (κ3) is 5.15. The van der Waals surface area contributed by atoms with Gasteiger partial charge >= 0.3 is 0 Å². The molecule has 1 saturated carbocycles. The van der Waals surface area contributed by atoms with Crippen LogP contribution in [0.3, 0.4) is 0 Å². The molecule has 3 saturated heterocycles. The summed E-state index contributed by atoms with van der Waals surface area (Å²) in [6.45, 7) is 6.42. The Morgan fingerprint density at radius 3 is 2.56 bits per heavy atom. The lowest BCUT2D eigenvalue weighted by molar-refractivity contribution is 0.0194. The smallest absolute Gasteiger partial charge is 0.194 e. The van der Waals surface area contributed by atoms with Crippen molar-refractivity contribution in [3.63, 3.8) is 0 Å². The van der Waals surface area contributed by atoms with Crippen LogP contribution in [0.25, 0.3) is 0 Å². The van der Waals surface area contributed by atoms with Crippen molar-refractivity contribution in [3.8, 4) is 0 Å². The molecule has 2 atom stereocenters. The molecule has 8 heteroatoms. The standard InChI is InChI=1S/C19H34N4O3S/c24-27(25)12-6-16(15-27)13-20-19(21-17-3-1-2-4-17)23-7-5-18(14-23)22-8-10-26-11-9-22/h16-18H,1-15H2,(H,20,21). The second-order valence-corrected chi connectivity index (χ2v) is 10.8. The molecule has 4 aliphatic rings. The van der Waals surface area contributed by atoms with E-state index >= 15 is 0 Å². The topological polar surface area (TPSA) is 74.2 Å². The third-order valence-corrected chi connectivity index (χ3v) is 8.38. The van der Waals surface area contributed by atoms with Crippen molar-refractivity contribution in [2.45, 2.75) is 50.6 Å². The Balaban J connectivity index is 1.39. The summed E-state index contributed by atoms with van der Waals surface area (Å²) in [6.07, 6.45) is 6.96. The fraction of sp³-hybridized carbons (Fsp3) is 0.947. The van der Waals surface area contributed by atoms with Crippen molar-refractivity contribution in [1.29, 1.82) is 0 Å². The largest absolute Gasteiger partial charge is 0.379 e. The molecule has 0 aromatic carbocycles.